The molecule has 0 saturated carbocycles. The van der Waals surface area contributed by atoms with E-state index in [0.29, 0.717) is 5.69 Å². The van der Waals surface area contributed by atoms with E-state index in [0.717, 1.165) is 6.07 Å². The predicted molar refractivity (Wildman–Crippen MR) is 70.8 cm³/mol. The van der Waals surface area contributed by atoms with Crippen molar-refractivity contribution in [3.05, 3.63) is 22.7 Å². The van der Waals surface area contributed by atoms with E-state index in [4.69, 9.17) is 0 Å². The van der Waals surface area contributed by atoms with E-state index in [1.807, 2.05) is 0 Å². The van der Waals surface area contributed by atoms with Crippen molar-refractivity contribution in [3.63, 3.8) is 0 Å². The number of anilines is 1. The summed E-state index contributed by atoms with van der Waals surface area (Å²) < 4.78 is 40.4. The summed E-state index contributed by atoms with van der Waals surface area (Å²) >= 11 is 2.97. The van der Waals surface area contributed by atoms with Crippen LogP contribution in [0.15, 0.2) is 22.7 Å². The van der Waals surface area contributed by atoms with Crippen LogP contribution in [0, 0.1) is 0 Å². The van der Waals surface area contributed by atoms with Crippen molar-refractivity contribution in [2.75, 3.05) is 18.0 Å². The number of benzene rings is 1. The van der Waals surface area contributed by atoms with Crippen molar-refractivity contribution in [2.24, 2.45) is 0 Å². The summed E-state index contributed by atoms with van der Waals surface area (Å²) in [6, 6.07) is 3.79. The number of halogens is 4. The van der Waals surface area contributed by atoms with E-state index in [-0.39, 0.29) is 35.8 Å². The van der Waals surface area contributed by atoms with Gasteiger partial charge >= 0.3 is 6.36 Å². The Kier molecular flexibility index (Phi) is 4.40. The monoisotopic (exact) mass is 366 g/mol. The number of carbonyl (C=O) groups is 2. The maximum Gasteiger partial charge on any atom is 0.573 e. The van der Waals surface area contributed by atoms with Crippen molar-refractivity contribution in [1.29, 1.82) is 0 Å². The Morgan fingerprint density at radius 3 is 2.62 bits per heavy atom. The smallest absolute Gasteiger partial charge is 0.405 e. The number of rotatable bonds is 2. The predicted octanol–water partition coefficient (Wildman–Crippen LogP) is 2.20. The van der Waals surface area contributed by atoms with Crippen LogP contribution >= 0.6 is 15.9 Å². The van der Waals surface area contributed by atoms with Crippen LogP contribution in [0.4, 0.5) is 18.9 Å². The first-order valence-electron chi connectivity index (χ1n) is 5.88. The minimum Gasteiger partial charge on any atom is -0.405 e. The molecule has 0 aliphatic carbocycles. The topological polar surface area (TPSA) is 58.6 Å². The van der Waals surface area contributed by atoms with E-state index < -0.39 is 12.1 Å². The molecule has 9 heteroatoms. The summed E-state index contributed by atoms with van der Waals surface area (Å²) in [6.45, 7) is 0.0217. The lowest BCUT2D eigenvalue weighted by atomic mass is 10.2. The third-order valence-corrected chi connectivity index (χ3v) is 3.37. The molecule has 1 saturated heterocycles. The quantitative estimate of drug-likeness (QED) is 0.872. The molecule has 1 aromatic carbocycles. The number of hydrogen-bond donors (Lipinski definition) is 1. The van der Waals surface area contributed by atoms with Gasteiger partial charge in [0.05, 0.1) is 11.0 Å². The van der Waals surface area contributed by atoms with Gasteiger partial charge in [0.25, 0.3) is 0 Å². The normalized spacial score (nSPS) is 16.5. The van der Waals surface area contributed by atoms with Crippen molar-refractivity contribution < 1.29 is 27.5 Å². The SMILES string of the molecule is O=C1CCN(c2ccc(OC(F)(F)F)c(Br)c2)C(=O)CN1. The van der Waals surface area contributed by atoms with Gasteiger partial charge in [0.1, 0.15) is 5.75 Å². The zero-order valence-electron chi connectivity index (χ0n) is 10.5. The van der Waals surface area contributed by atoms with Crippen molar-refractivity contribution >= 4 is 33.4 Å². The van der Waals surface area contributed by atoms with Crippen LogP contribution in [-0.2, 0) is 9.59 Å². The Hall–Kier alpha value is -1.77. The average Bonchev–Trinajstić information content (AvgIpc) is 2.53. The molecule has 0 unspecified atom stereocenters. The molecule has 0 atom stereocenters. The Balaban J connectivity index is 2.22. The highest BCUT2D eigenvalue weighted by Gasteiger charge is 2.32. The Bertz CT molecular complexity index is 577. The first-order chi connectivity index (χ1) is 9.76. The maximum atomic E-state index is 12.2. The zero-order valence-corrected chi connectivity index (χ0v) is 12.1. The van der Waals surface area contributed by atoms with E-state index in [1.165, 1.54) is 17.0 Å². The van der Waals surface area contributed by atoms with Crippen molar-refractivity contribution in [1.82, 2.24) is 5.32 Å². The van der Waals surface area contributed by atoms with Gasteiger partial charge in [0, 0.05) is 18.7 Å². The Labute approximate surface area is 126 Å². The lowest BCUT2D eigenvalue weighted by Gasteiger charge is -2.21. The molecule has 0 aromatic heterocycles. The van der Waals surface area contributed by atoms with Gasteiger partial charge in [0.15, 0.2) is 0 Å². The molecule has 1 aliphatic heterocycles. The summed E-state index contributed by atoms with van der Waals surface area (Å²) in [5.41, 5.74) is 0.387. The van der Waals surface area contributed by atoms with Gasteiger partial charge in [-0.1, -0.05) is 0 Å². The average molecular weight is 367 g/mol. The minimum absolute atomic E-state index is 0.0636. The standard InChI is InChI=1S/C12H10BrF3N2O3/c13-8-5-7(1-2-9(8)21-12(14,15)16)18-4-3-10(19)17-6-11(18)20/h1-2,5H,3-4,6H2,(H,17,19). The molecule has 21 heavy (non-hydrogen) atoms. The number of amides is 2. The molecule has 0 bridgehead atoms. The van der Waals surface area contributed by atoms with Gasteiger partial charge in [-0.25, -0.2) is 0 Å². The van der Waals surface area contributed by atoms with Crippen molar-refractivity contribution in [3.8, 4) is 5.75 Å². The highest BCUT2D eigenvalue weighted by atomic mass is 79.9. The number of nitrogens with one attached hydrogen (secondary N) is 1. The number of alkyl halides is 3. The van der Waals surface area contributed by atoms with Crippen LogP contribution in [0.25, 0.3) is 0 Å². The van der Waals surface area contributed by atoms with E-state index in [1.54, 1.807) is 0 Å². The number of nitrogens with zero attached hydrogens (tertiary/aromatic N) is 1. The molecule has 2 amide bonds. The van der Waals surface area contributed by atoms with E-state index in [9.17, 15) is 22.8 Å². The molecule has 0 radical (unpaired) electrons. The summed E-state index contributed by atoms with van der Waals surface area (Å²) in [7, 11) is 0. The molecule has 1 N–H and O–H groups in total. The molecular formula is C12H10BrF3N2O3. The van der Waals surface area contributed by atoms with E-state index in [2.05, 4.69) is 26.0 Å². The molecule has 0 spiro atoms. The molecule has 1 heterocycles. The Morgan fingerprint density at radius 2 is 2.00 bits per heavy atom. The van der Waals surface area contributed by atoms with Crippen LogP contribution in [0.1, 0.15) is 6.42 Å². The van der Waals surface area contributed by atoms with Gasteiger partial charge in [-0.05, 0) is 34.1 Å². The van der Waals surface area contributed by atoms with Gasteiger partial charge in [-0.15, -0.1) is 13.2 Å². The van der Waals surface area contributed by atoms with E-state index >= 15 is 0 Å². The summed E-state index contributed by atoms with van der Waals surface area (Å²) in [6.07, 6.45) is -4.66. The molecular weight excluding hydrogens is 357 g/mol. The Morgan fingerprint density at radius 1 is 1.29 bits per heavy atom. The third kappa shape index (κ3) is 4.10. The van der Waals surface area contributed by atoms with Crippen LogP contribution < -0.4 is 15.0 Å². The lowest BCUT2D eigenvalue weighted by Crippen LogP contribution is -2.35. The largest absolute Gasteiger partial charge is 0.573 e. The highest BCUT2D eigenvalue weighted by Crippen LogP contribution is 2.33. The zero-order chi connectivity index (χ0) is 15.6. The first-order valence-corrected chi connectivity index (χ1v) is 6.68. The second-order valence-electron chi connectivity index (χ2n) is 4.23. The fourth-order valence-electron chi connectivity index (χ4n) is 1.83. The van der Waals surface area contributed by atoms with Gasteiger partial charge in [-0.2, -0.15) is 0 Å². The van der Waals surface area contributed by atoms with Gasteiger partial charge in [0.2, 0.25) is 11.8 Å². The van der Waals surface area contributed by atoms with Gasteiger partial charge in [-0.3, -0.25) is 9.59 Å². The highest BCUT2D eigenvalue weighted by molar-refractivity contribution is 9.10. The molecule has 114 valence electrons. The van der Waals surface area contributed by atoms with Crippen LogP contribution in [0.2, 0.25) is 0 Å². The fraction of sp³-hybridized carbons (Fsp3) is 0.333. The fourth-order valence-corrected chi connectivity index (χ4v) is 2.28. The molecule has 1 aliphatic rings. The summed E-state index contributed by atoms with van der Waals surface area (Å²) in [5.74, 6) is -0.984. The number of carbonyl (C=O) groups excluding carboxylic acids is 2. The molecule has 1 aromatic rings. The minimum atomic E-state index is -4.79. The van der Waals surface area contributed by atoms with Crippen LogP contribution in [-0.4, -0.2) is 31.3 Å². The lowest BCUT2D eigenvalue weighted by molar-refractivity contribution is -0.274. The van der Waals surface area contributed by atoms with Gasteiger partial charge < -0.3 is 15.0 Å². The van der Waals surface area contributed by atoms with Crippen molar-refractivity contribution in [2.45, 2.75) is 12.8 Å². The summed E-state index contributed by atoms with van der Waals surface area (Å²) in [5, 5.41) is 2.44. The first kappa shape index (κ1) is 15.6. The number of hydrogen-bond acceptors (Lipinski definition) is 3. The molecule has 1 fully saturated rings. The molecule has 2 rings (SSSR count). The van der Waals surface area contributed by atoms with Crippen LogP contribution in [0.3, 0.4) is 0 Å². The molecule has 5 nitrogen and oxygen atoms in total. The second-order valence-corrected chi connectivity index (χ2v) is 5.09. The number of ether oxygens (including phenoxy) is 1. The third-order valence-electron chi connectivity index (χ3n) is 2.75. The summed E-state index contributed by atoms with van der Waals surface area (Å²) in [4.78, 5) is 24.4. The maximum absolute atomic E-state index is 12.2. The second kappa shape index (κ2) is 5.92. The van der Waals surface area contributed by atoms with Crippen LogP contribution in [0.5, 0.6) is 5.75 Å².